The Bertz CT molecular complexity index is 178. The normalized spacial score (nSPS) is 13.5. The molecule has 0 aliphatic carbocycles. The molecule has 0 saturated heterocycles. The molecule has 0 rings (SSSR count). The van der Waals surface area contributed by atoms with Crippen LogP contribution in [0.3, 0.4) is 0 Å². The molecule has 1 unspecified atom stereocenters. The molecule has 0 aromatic rings. The molecule has 0 heterocycles. The van der Waals surface area contributed by atoms with Crippen molar-refractivity contribution in [2.24, 2.45) is 5.92 Å². The lowest BCUT2D eigenvalue weighted by molar-refractivity contribution is 0.0519. The lowest BCUT2D eigenvalue weighted by Gasteiger charge is -2.20. The van der Waals surface area contributed by atoms with Gasteiger partial charge in [-0.3, -0.25) is 4.39 Å². The predicted octanol–water partition coefficient (Wildman–Crippen LogP) is 2.49. The van der Waals surface area contributed by atoms with Crippen LogP contribution in [0.4, 0.5) is 9.18 Å². The van der Waals surface area contributed by atoms with Crippen LogP contribution in [-0.4, -0.2) is 30.2 Å². The van der Waals surface area contributed by atoms with Gasteiger partial charge in [-0.1, -0.05) is 15.9 Å². The molecule has 0 aliphatic heterocycles. The quantitative estimate of drug-likeness (QED) is 0.797. The zero-order valence-corrected chi connectivity index (χ0v) is 10.4. The molecule has 3 nitrogen and oxygen atoms in total. The number of hydrogen-bond donors (Lipinski definition) is 1. The molecule has 1 atom stereocenters. The summed E-state index contributed by atoms with van der Waals surface area (Å²) in [5.41, 5.74) is -0.510. The summed E-state index contributed by atoms with van der Waals surface area (Å²) in [6, 6.07) is 0. The van der Waals surface area contributed by atoms with E-state index in [4.69, 9.17) is 4.74 Å². The van der Waals surface area contributed by atoms with Crippen LogP contribution < -0.4 is 5.32 Å². The lowest BCUT2D eigenvalue weighted by Crippen LogP contribution is -2.36. The number of amides is 1. The Hall–Kier alpha value is -0.320. The van der Waals surface area contributed by atoms with Gasteiger partial charge in [-0.2, -0.15) is 0 Å². The zero-order chi connectivity index (χ0) is 11.2. The number of carbonyl (C=O) groups is 1. The Labute approximate surface area is 92.5 Å². The molecule has 0 fully saturated rings. The van der Waals surface area contributed by atoms with Crippen LogP contribution in [0.5, 0.6) is 0 Å². The first-order valence-corrected chi connectivity index (χ1v) is 5.60. The predicted molar refractivity (Wildman–Crippen MR) is 57.5 cm³/mol. The number of rotatable bonds is 4. The summed E-state index contributed by atoms with van der Waals surface area (Å²) in [6.45, 7) is 5.18. The van der Waals surface area contributed by atoms with Crippen LogP contribution in [0.25, 0.3) is 0 Å². The highest BCUT2D eigenvalue weighted by Crippen LogP contribution is 2.07. The number of carbonyl (C=O) groups excluding carboxylic acids is 1. The summed E-state index contributed by atoms with van der Waals surface area (Å²) in [7, 11) is 0. The van der Waals surface area contributed by atoms with E-state index in [-0.39, 0.29) is 12.5 Å². The average molecular weight is 270 g/mol. The molecule has 0 aromatic heterocycles. The minimum absolute atomic E-state index is 0.192. The van der Waals surface area contributed by atoms with Crippen molar-refractivity contribution in [2.75, 3.05) is 18.5 Å². The van der Waals surface area contributed by atoms with Gasteiger partial charge in [0.15, 0.2) is 0 Å². The summed E-state index contributed by atoms with van der Waals surface area (Å²) in [4.78, 5) is 11.1. The van der Waals surface area contributed by atoms with Crippen molar-refractivity contribution in [3.63, 3.8) is 0 Å². The summed E-state index contributed by atoms with van der Waals surface area (Å²) in [5, 5.41) is 3.04. The van der Waals surface area contributed by atoms with E-state index in [9.17, 15) is 9.18 Å². The van der Waals surface area contributed by atoms with Gasteiger partial charge in [-0.25, -0.2) is 4.79 Å². The van der Waals surface area contributed by atoms with Crippen LogP contribution in [0.15, 0.2) is 0 Å². The van der Waals surface area contributed by atoms with Crippen molar-refractivity contribution < 1.29 is 13.9 Å². The van der Waals surface area contributed by atoms with Gasteiger partial charge in [0.05, 0.1) is 6.67 Å². The Morgan fingerprint density at radius 3 is 2.50 bits per heavy atom. The number of halogens is 2. The van der Waals surface area contributed by atoms with Gasteiger partial charge in [0.25, 0.3) is 0 Å². The molecule has 0 spiro atoms. The largest absolute Gasteiger partial charge is 0.444 e. The molecule has 0 bridgehead atoms. The Kier molecular flexibility index (Phi) is 6.08. The molecule has 1 N–H and O–H groups in total. The van der Waals surface area contributed by atoms with Crippen molar-refractivity contribution in [1.29, 1.82) is 0 Å². The molecular formula is C9H17BrFNO2. The Balaban J connectivity index is 3.74. The maximum absolute atomic E-state index is 12.2. The van der Waals surface area contributed by atoms with E-state index < -0.39 is 18.4 Å². The minimum atomic E-state index is -0.510. The molecule has 5 heteroatoms. The van der Waals surface area contributed by atoms with E-state index in [0.717, 1.165) is 0 Å². The minimum Gasteiger partial charge on any atom is -0.444 e. The number of alkyl halides is 2. The molecule has 84 valence electrons. The summed E-state index contributed by atoms with van der Waals surface area (Å²) < 4.78 is 17.2. The topological polar surface area (TPSA) is 38.3 Å². The van der Waals surface area contributed by atoms with Crippen molar-refractivity contribution in [1.82, 2.24) is 5.32 Å². The third-order valence-corrected chi connectivity index (χ3v) is 2.29. The summed E-state index contributed by atoms with van der Waals surface area (Å²) in [5.74, 6) is -0.192. The number of alkyl carbamates (subject to hydrolysis) is 1. The van der Waals surface area contributed by atoms with Gasteiger partial charge < -0.3 is 10.1 Å². The maximum Gasteiger partial charge on any atom is 0.407 e. The van der Waals surface area contributed by atoms with Gasteiger partial charge in [0.1, 0.15) is 5.60 Å². The van der Waals surface area contributed by atoms with Gasteiger partial charge in [-0.05, 0) is 20.8 Å². The highest BCUT2D eigenvalue weighted by Gasteiger charge is 2.16. The van der Waals surface area contributed by atoms with Gasteiger partial charge in [0, 0.05) is 17.8 Å². The summed E-state index contributed by atoms with van der Waals surface area (Å²) >= 11 is 3.16. The number of hydrogen-bond acceptors (Lipinski definition) is 2. The van der Waals surface area contributed by atoms with E-state index in [1.807, 2.05) is 0 Å². The monoisotopic (exact) mass is 269 g/mol. The molecule has 0 aliphatic rings. The fourth-order valence-corrected chi connectivity index (χ4v) is 1.09. The SMILES string of the molecule is CC(C)(C)OC(=O)NCC(CF)CBr. The van der Waals surface area contributed by atoms with E-state index in [1.165, 1.54) is 0 Å². The third-order valence-electron chi connectivity index (χ3n) is 1.37. The third kappa shape index (κ3) is 7.12. The zero-order valence-electron chi connectivity index (χ0n) is 8.77. The van der Waals surface area contributed by atoms with Crippen LogP contribution in [0.1, 0.15) is 20.8 Å². The first kappa shape index (κ1) is 13.7. The lowest BCUT2D eigenvalue weighted by atomic mass is 10.2. The fraction of sp³-hybridized carbons (Fsp3) is 0.889. The second kappa shape index (κ2) is 6.22. The first-order chi connectivity index (χ1) is 6.39. The highest BCUT2D eigenvalue weighted by molar-refractivity contribution is 9.09. The van der Waals surface area contributed by atoms with Gasteiger partial charge >= 0.3 is 6.09 Å². The Morgan fingerprint density at radius 2 is 2.14 bits per heavy atom. The van der Waals surface area contributed by atoms with E-state index >= 15 is 0 Å². The van der Waals surface area contributed by atoms with Crippen molar-refractivity contribution in [3.8, 4) is 0 Å². The van der Waals surface area contributed by atoms with Crippen LogP contribution in [0, 0.1) is 5.92 Å². The van der Waals surface area contributed by atoms with Gasteiger partial charge in [0.2, 0.25) is 0 Å². The fourth-order valence-electron chi connectivity index (χ4n) is 0.692. The molecule has 0 saturated carbocycles. The molecule has 0 radical (unpaired) electrons. The van der Waals surface area contributed by atoms with E-state index in [0.29, 0.717) is 5.33 Å². The molecule has 0 aromatic carbocycles. The Morgan fingerprint density at radius 1 is 1.57 bits per heavy atom. The van der Waals surface area contributed by atoms with Crippen molar-refractivity contribution in [3.05, 3.63) is 0 Å². The maximum atomic E-state index is 12.2. The van der Waals surface area contributed by atoms with Crippen LogP contribution in [-0.2, 0) is 4.74 Å². The van der Waals surface area contributed by atoms with Crippen LogP contribution >= 0.6 is 15.9 Å². The molecule has 1 amide bonds. The van der Waals surface area contributed by atoms with E-state index in [2.05, 4.69) is 21.2 Å². The van der Waals surface area contributed by atoms with Crippen LogP contribution in [0.2, 0.25) is 0 Å². The second-order valence-electron chi connectivity index (χ2n) is 4.06. The number of nitrogens with one attached hydrogen (secondary N) is 1. The standard InChI is InChI=1S/C9H17BrFNO2/c1-9(2,3)14-8(13)12-6-7(4-10)5-11/h7H,4-6H2,1-3H3,(H,12,13). The molecule has 14 heavy (non-hydrogen) atoms. The van der Waals surface area contributed by atoms with E-state index in [1.54, 1.807) is 20.8 Å². The first-order valence-electron chi connectivity index (χ1n) is 4.48. The molecular weight excluding hydrogens is 253 g/mol. The summed E-state index contributed by atoms with van der Waals surface area (Å²) in [6.07, 6.45) is -0.503. The average Bonchev–Trinajstić information content (AvgIpc) is 2.03. The highest BCUT2D eigenvalue weighted by atomic mass is 79.9. The smallest absolute Gasteiger partial charge is 0.407 e. The van der Waals surface area contributed by atoms with Gasteiger partial charge in [-0.15, -0.1) is 0 Å². The second-order valence-corrected chi connectivity index (χ2v) is 4.70. The van der Waals surface area contributed by atoms with Crippen molar-refractivity contribution >= 4 is 22.0 Å². The number of ether oxygens (including phenoxy) is 1. The van der Waals surface area contributed by atoms with Crippen molar-refractivity contribution in [2.45, 2.75) is 26.4 Å².